The molecule has 156 valence electrons. The molecule has 2 aromatic carbocycles. The maximum absolute atomic E-state index is 13.1. The van der Waals surface area contributed by atoms with Gasteiger partial charge in [0.1, 0.15) is 10.6 Å². The molecule has 7 nitrogen and oxygen atoms in total. The lowest BCUT2D eigenvalue weighted by atomic mass is 10.1. The average Bonchev–Trinajstić information content (AvgIpc) is 3.35. The minimum Gasteiger partial charge on any atom is -0.451 e. The molecule has 0 saturated heterocycles. The van der Waals surface area contributed by atoms with Crippen LogP contribution in [-0.4, -0.2) is 27.8 Å². The first-order valence-corrected chi connectivity index (χ1v) is 12.2. The molecule has 2 N–H and O–H groups in total. The molecule has 2 aromatic heterocycles. The quantitative estimate of drug-likeness (QED) is 0.389. The number of rotatable bonds is 5. The lowest BCUT2D eigenvalue weighted by molar-refractivity contribution is -0.113. The molecule has 0 bridgehead atoms. The molecule has 0 spiro atoms. The second-order valence-electron chi connectivity index (χ2n) is 6.78. The van der Waals surface area contributed by atoms with Gasteiger partial charge in [0.2, 0.25) is 5.91 Å². The molecule has 10 heteroatoms. The number of hydrogen-bond donors (Lipinski definition) is 2. The van der Waals surface area contributed by atoms with Gasteiger partial charge in [0, 0.05) is 27.3 Å². The van der Waals surface area contributed by atoms with Gasteiger partial charge in [0.05, 0.1) is 11.4 Å². The van der Waals surface area contributed by atoms with E-state index >= 15 is 0 Å². The van der Waals surface area contributed by atoms with Gasteiger partial charge in [-0.15, -0.1) is 22.0 Å². The Morgan fingerprint density at radius 2 is 2.13 bits per heavy atom. The number of benzene rings is 2. The lowest BCUT2D eigenvalue weighted by Gasteiger charge is -2.17. The molecule has 0 saturated carbocycles. The van der Waals surface area contributed by atoms with E-state index in [-0.39, 0.29) is 17.6 Å². The fourth-order valence-electron chi connectivity index (χ4n) is 3.24. The topological polar surface area (TPSA) is 97.1 Å². The van der Waals surface area contributed by atoms with Crippen molar-refractivity contribution >= 4 is 69.0 Å². The van der Waals surface area contributed by atoms with Crippen molar-refractivity contribution in [2.24, 2.45) is 0 Å². The second-order valence-corrected chi connectivity index (χ2v) is 10.2. The summed E-state index contributed by atoms with van der Waals surface area (Å²) < 4.78 is 6.77. The number of anilines is 2. The molecule has 2 amide bonds. The number of para-hydroxylation sites is 1. The van der Waals surface area contributed by atoms with Crippen molar-refractivity contribution in [1.82, 2.24) is 10.2 Å². The molecule has 0 fully saturated rings. The van der Waals surface area contributed by atoms with Crippen molar-refractivity contribution in [3.8, 4) is 0 Å². The number of thioether (sulfide) groups is 2. The maximum Gasteiger partial charge on any atom is 0.291 e. The molecule has 1 aliphatic rings. The Hall–Kier alpha value is -2.82. The Morgan fingerprint density at radius 3 is 2.97 bits per heavy atom. The monoisotopic (exact) mass is 468 g/mol. The van der Waals surface area contributed by atoms with Crippen LogP contribution in [-0.2, 0) is 10.5 Å². The number of carbonyl (C=O) groups is 2. The molecule has 3 heterocycles. The van der Waals surface area contributed by atoms with Gasteiger partial charge in [-0.1, -0.05) is 41.3 Å². The zero-order chi connectivity index (χ0) is 21.4. The summed E-state index contributed by atoms with van der Waals surface area (Å²) in [6, 6.07) is 13.1. The third-order valence-electron chi connectivity index (χ3n) is 4.62. The SMILES string of the molecule is Cc1nnc(SCc2c(C(=O)Nc3ccc4c(c3)NC(=O)CS4)oc3ccccc23)s1. The van der Waals surface area contributed by atoms with E-state index in [9.17, 15) is 9.59 Å². The van der Waals surface area contributed by atoms with Crippen LogP contribution in [0.15, 0.2) is 56.1 Å². The standard InChI is InChI=1S/C21H16N4O3S3/c1-11-24-25-21(31-11)30-9-14-13-4-2-3-5-16(13)28-19(14)20(27)22-12-6-7-17-15(8-12)23-18(26)10-29-17/h2-8H,9-10H2,1H3,(H,22,27)(H,23,26). The number of carbonyl (C=O) groups excluding carboxylic acids is 2. The van der Waals surface area contributed by atoms with Gasteiger partial charge in [-0.3, -0.25) is 9.59 Å². The van der Waals surface area contributed by atoms with Gasteiger partial charge in [-0.25, -0.2) is 0 Å². The molecule has 0 radical (unpaired) electrons. The van der Waals surface area contributed by atoms with Gasteiger partial charge in [0.25, 0.3) is 5.91 Å². The number of furan rings is 1. The van der Waals surface area contributed by atoms with E-state index in [2.05, 4.69) is 20.8 Å². The van der Waals surface area contributed by atoms with Crippen LogP contribution in [0.3, 0.4) is 0 Å². The van der Waals surface area contributed by atoms with Gasteiger partial charge < -0.3 is 15.1 Å². The Morgan fingerprint density at radius 1 is 1.26 bits per heavy atom. The zero-order valence-corrected chi connectivity index (χ0v) is 18.7. The molecular formula is C21H16N4O3S3. The molecule has 5 rings (SSSR count). The van der Waals surface area contributed by atoms with E-state index in [1.54, 1.807) is 6.07 Å². The number of amides is 2. The number of aryl methyl sites for hydroxylation is 1. The summed E-state index contributed by atoms with van der Waals surface area (Å²) >= 11 is 4.52. The van der Waals surface area contributed by atoms with Crippen molar-refractivity contribution in [3.63, 3.8) is 0 Å². The Balaban J connectivity index is 1.43. The number of nitrogens with one attached hydrogen (secondary N) is 2. The minimum atomic E-state index is -0.338. The first-order valence-electron chi connectivity index (χ1n) is 9.38. The predicted molar refractivity (Wildman–Crippen MR) is 124 cm³/mol. The van der Waals surface area contributed by atoms with Crippen LogP contribution in [0.5, 0.6) is 0 Å². The highest BCUT2D eigenvalue weighted by atomic mass is 32.2. The summed E-state index contributed by atoms with van der Waals surface area (Å²) in [5.74, 6) is 0.809. The van der Waals surface area contributed by atoms with E-state index in [1.807, 2.05) is 43.3 Å². The molecule has 31 heavy (non-hydrogen) atoms. The van der Waals surface area contributed by atoms with E-state index < -0.39 is 0 Å². The Kier molecular flexibility index (Phi) is 5.43. The van der Waals surface area contributed by atoms with Gasteiger partial charge in [-0.2, -0.15) is 0 Å². The predicted octanol–water partition coefficient (Wildman–Crippen LogP) is 5.18. The van der Waals surface area contributed by atoms with Crippen molar-refractivity contribution in [3.05, 3.63) is 58.8 Å². The maximum atomic E-state index is 13.1. The normalized spacial score (nSPS) is 13.1. The highest BCUT2D eigenvalue weighted by molar-refractivity contribution is 8.00. The number of aromatic nitrogens is 2. The highest BCUT2D eigenvalue weighted by Gasteiger charge is 2.22. The minimum absolute atomic E-state index is 0.0514. The number of hydrogen-bond acceptors (Lipinski definition) is 8. The van der Waals surface area contributed by atoms with Crippen LogP contribution in [0.2, 0.25) is 0 Å². The third kappa shape index (κ3) is 4.18. The largest absolute Gasteiger partial charge is 0.451 e. The van der Waals surface area contributed by atoms with Crippen LogP contribution < -0.4 is 10.6 Å². The first-order chi connectivity index (χ1) is 15.1. The number of nitrogens with zero attached hydrogens (tertiary/aromatic N) is 2. The molecule has 1 aliphatic heterocycles. The number of fused-ring (bicyclic) bond motifs is 2. The van der Waals surface area contributed by atoms with Crippen LogP contribution in [0, 0.1) is 6.92 Å². The third-order valence-corrected chi connectivity index (χ3v) is 7.69. The highest BCUT2D eigenvalue weighted by Crippen LogP contribution is 2.35. The lowest BCUT2D eigenvalue weighted by Crippen LogP contribution is -2.19. The van der Waals surface area contributed by atoms with Crippen molar-refractivity contribution in [1.29, 1.82) is 0 Å². The van der Waals surface area contributed by atoms with Gasteiger partial charge >= 0.3 is 0 Å². The fourth-order valence-corrected chi connectivity index (χ4v) is 5.88. The summed E-state index contributed by atoms with van der Waals surface area (Å²) in [7, 11) is 0. The molecule has 4 aromatic rings. The Bertz CT molecular complexity index is 1310. The van der Waals surface area contributed by atoms with Gasteiger partial charge in [0.15, 0.2) is 10.1 Å². The summed E-state index contributed by atoms with van der Waals surface area (Å²) in [4.78, 5) is 25.8. The smallest absolute Gasteiger partial charge is 0.291 e. The Labute approximate surface area is 190 Å². The van der Waals surface area contributed by atoms with Crippen molar-refractivity contribution in [2.75, 3.05) is 16.4 Å². The fraction of sp³-hybridized carbons (Fsp3) is 0.143. The van der Waals surface area contributed by atoms with E-state index in [4.69, 9.17) is 4.42 Å². The molecule has 0 aliphatic carbocycles. The summed E-state index contributed by atoms with van der Waals surface area (Å²) in [6.07, 6.45) is 0. The molecule has 0 unspecified atom stereocenters. The summed E-state index contributed by atoms with van der Waals surface area (Å²) in [6.45, 7) is 1.91. The van der Waals surface area contributed by atoms with E-state index in [0.717, 1.165) is 25.2 Å². The van der Waals surface area contributed by atoms with Crippen LogP contribution in [0.4, 0.5) is 11.4 Å². The van der Waals surface area contributed by atoms with Crippen LogP contribution in [0.1, 0.15) is 21.1 Å². The molecular weight excluding hydrogens is 452 g/mol. The second kappa shape index (κ2) is 8.37. The van der Waals surface area contributed by atoms with Crippen LogP contribution in [0.25, 0.3) is 11.0 Å². The van der Waals surface area contributed by atoms with Gasteiger partial charge in [-0.05, 0) is 31.2 Å². The van der Waals surface area contributed by atoms with E-state index in [0.29, 0.717) is 28.5 Å². The first kappa shape index (κ1) is 20.1. The van der Waals surface area contributed by atoms with Crippen molar-refractivity contribution in [2.45, 2.75) is 21.9 Å². The molecule has 0 atom stereocenters. The zero-order valence-electron chi connectivity index (χ0n) is 16.3. The summed E-state index contributed by atoms with van der Waals surface area (Å²) in [5.41, 5.74) is 2.76. The van der Waals surface area contributed by atoms with Crippen molar-refractivity contribution < 1.29 is 14.0 Å². The van der Waals surface area contributed by atoms with Crippen LogP contribution >= 0.6 is 34.9 Å². The van der Waals surface area contributed by atoms with E-state index in [1.165, 1.54) is 34.9 Å². The average molecular weight is 469 g/mol. The summed E-state index contributed by atoms with van der Waals surface area (Å²) in [5, 5.41) is 15.7.